The first kappa shape index (κ1) is 28.9. The van der Waals surface area contributed by atoms with E-state index in [0.29, 0.717) is 0 Å². The van der Waals surface area contributed by atoms with Gasteiger partial charge in [-0.05, 0) is 52.2 Å². The van der Waals surface area contributed by atoms with Gasteiger partial charge >= 0.3 is 0 Å². The molecule has 0 aromatic carbocycles. The Balaban J connectivity index is 0. The summed E-state index contributed by atoms with van der Waals surface area (Å²) in [5.41, 5.74) is 0. The standard InChI is InChI=1S/C23H48ClN.BrH/c1-4-5-6-7-8-9-10-11-12-13-14-15-18-23(19-16-21-24)20-17-22-25(2)3;/h23H,4-22H2,1-3H3;1H. The first-order valence-electron chi connectivity index (χ1n) is 11.4. The fourth-order valence-corrected chi connectivity index (χ4v) is 3.92. The van der Waals surface area contributed by atoms with Crippen LogP contribution in [0.25, 0.3) is 0 Å². The molecule has 1 atom stereocenters. The molecule has 0 aliphatic heterocycles. The normalized spacial score (nSPS) is 12.3. The second-order valence-electron chi connectivity index (χ2n) is 8.32. The zero-order valence-electron chi connectivity index (χ0n) is 18.2. The fraction of sp³-hybridized carbons (Fsp3) is 1.00. The van der Waals surface area contributed by atoms with Gasteiger partial charge in [-0.2, -0.15) is 0 Å². The number of rotatable bonds is 20. The lowest BCUT2D eigenvalue weighted by atomic mass is 9.91. The van der Waals surface area contributed by atoms with Gasteiger partial charge in [-0.1, -0.05) is 90.4 Å². The van der Waals surface area contributed by atoms with E-state index < -0.39 is 0 Å². The first-order chi connectivity index (χ1) is 12.2. The summed E-state index contributed by atoms with van der Waals surface area (Å²) in [7, 11) is 4.36. The highest BCUT2D eigenvalue weighted by Crippen LogP contribution is 2.22. The zero-order valence-corrected chi connectivity index (χ0v) is 20.7. The van der Waals surface area contributed by atoms with Crippen molar-refractivity contribution in [2.24, 2.45) is 5.92 Å². The van der Waals surface area contributed by atoms with Crippen LogP contribution in [-0.4, -0.2) is 31.4 Å². The molecule has 0 N–H and O–H groups in total. The molecular formula is C23H49BrClN. The Hall–Kier alpha value is 0.730. The molecule has 0 amide bonds. The lowest BCUT2D eigenvalue weighted by Crippen LogP contribution is -2.14. The predicted octanol–water partition coefficient (Wildman–Crippen LogP) is 8.63. The number of nitrogens with zero attached hydrogens (tertiary/aromatic N) is 1. The van der Waals surface area contributed by atoms with Crippen molar-refractivity contribution in [3.8, 4) is 0 Å². The van der Waals surface area contributed by atoms with Crippen LogP contribution in [0.15, 0.2) is 0 Å². The van der Waals surface area contributed by atoms with Crippen LogP contribution in [0.4, 0.5) is 0 Å². The highest BCUT2D eigenvalue weighted by molar-refractivity contribution is 8.93. The number of hydrogen-bond donors (Lipinski definition) is 0. The maximum absolute atomic E-state index is 5.90. The van der Waals surface area contributed by atoms with Crippen LogP contribution < -0.4 is 0 Å². The van der Waals surface area contributed by atoms with E-state index in [1.807, 2.05) is 0 Å². The molecule has 0 aliphatic carbocycles. The molecule has 26 heavy (non-hydrogen) atoms. The predicted molar refractivity (Wildman–Crippen MR) is 127 cm³/mol. The third-order valence-corrected chi connectivity index (χ3v) is 5.70. The van der Waals surface area contributed by atoms with E-state index in [1.54, 1.807) is 0 Å². The average Bonchev–Trinajstić information content (AvgIpc) is 2.59. The summed E-state index contributed by atoms with van der Waals surface area (Å²) in [6.45, 7) is 3.53. The van der Waals surface area contributed by atoms with Crippen molar-refractivity contribution < 1.29 is 0 Å². The topological polar surface area (TPSA) is 3.24 Å². The van der Waals surface area contributed by atoms with Crippen LogP contribution in [-0.2, 0) is 0 Å². The van der Waals surface area contributed by atoms with Crippen molar-refractivity contribution in [1.82, 2.24) is 4.90 Å². The molecule has 0 fully saturated rings. The van der Waals surface area contributed by atoms with E-state index in [1.165, 1.54) is 116 Å². The van der Waals surface area contributed by atoms with E-state index in [2.05, 4.69) is 25.9 Å². The van der Waals surface area contributed by atoms with Crippen molar-refractivity contribution in [3.05, 3.63) is 0 Å². The van der Waals surface area contributed by atoms with Gasteiger partial charge in [0, 0.05) is 5.88 Å². The number of unbranched alkanes of at least 4 members (excludes halogenated alkanes) is 11. The molecule has 0 bridgehead atoms. The van der Waals surface area contributed by atoms with Gasteiger partial charge in [-0.3, -0.25) is 0 Å². The Morgan fingerprint density at radius 1 is 0.615 bits per heavy atom. The van der Waals surface area contributed by atoms with Crippen molar-refractivity contribution in [2.75, 3.05) is 26.5 Å². The molecule has 1 nitrogen and oxygen atoms in total. The summed E-state index contributed by atoms with van der Waals surface area (Å²) in [6, 6.07) is 0. The third kappa shape index (κ3) is 22.8. The fourth-order valence-electron chi connectivity index (χ4n) is 3.77. The molecule has 0 spiro atoms. The summed E-state index contributed by atoms with van der Waals surface area (Å²) in [6.07, 6.45) is 24.1. The molecule has 0 aromatic rings. The smallest absolute Gasteiger partial charge is 0.0223 e. The Labute approximate surface area is 181 Å². The van der Waals surface area contributed by atoms with Crippen LogP contribution in [0.2, 0.25) is 0 Å². The van der Waals surface area contributed by atoms with Gasteiger partial charge in [-0.15, -0.1) is 28.6 Å². The van der Waals surface area contributed by atoms with Crippen LogP contribution in [0.5, 0.6) is 0 Å². The summed E-state index contributed by atoms with van der Waals surface area (Å²) < 4.78 is 0. The Morgan fingerprint density at radius 2 is 1.04 bits per heavy atom. The minimum atomic E-state index is 0. The molecule has 0 radical (unpaired) electrons. The van der Waals surface area contributed by atoms with Crippen LogP contribution in [0.3, 0.4) is 0 Å². The second kappa shape index (κ2) is 23.8. The molecule has 0 aliphatic rings. The summed E-state index contributed by atoms with van der Waals surface area (Å²) in [5, 5.41) is 0. The molecule has 3 heteroatoms. The van der Waals surface area contributed by atoms with Crippen molar-refractivity contribution >= 4 is 28.6 Å². The Bertz CT molecular complexity index is 248. The first-order valence-corrected chi connectivity index (χ1v) is 11.9. The molecule has 0 aromatic heterocycles. The highest BCUT2D eigenvalue weighted by atomic mass is 79.9. The van der Waals surface area contributed by atoms with Crippen molar-refractivity contribution in [3.63, 3.8) is 0 Å². The Kier molecular flexibility index (Phi) is 26.5. The van der Waals surface area contributed by atoms with Crippen LogP contribution in [0, 0.1) is 5.92 Å². The van der Waals surface area contributed by atoms with Crippen molar-refractivity contribution in [1.29, 1.82) is 0 Å². The average molecular weight is 455 g/mol. The van der Waals surface area contributed by atoms with E-state index in [4.69, 9.17) is 11.6 Å². The van der Waals surface area contributed by atoms with Gasteiger partial charge in [-0.25, -0.2) is 0 Å². The van der Waals surface area contributed by atoms with E-state index >= 15 is 0 Å². The monoisotopic (exact) mass is 453 g/mol. The molecule has 0 rings (SSSR count). The van der Waals surface area contributed by atoms with Gasteiger partial charge in [0.25, 0.3) is 0 Å². The molecule has 0 heterocycles. The molecule has 160 valence electrons. The molecular weight excluding hydrogens is 406 g/mol. The second-order valence-corrected chi connectivity index (χ2v) is 8.70. The lowest BCUT2D eigenvalue weighted by molar-refractivity contribution is 0.338. The maximum Gasteiger partial charge on any atom is 0.0223 e. The number of hydrogen-bond acceptors (Lipinski definition) is 1. The SMILES string of the molecule is Br.CCCCCCCCCCCCCCC(CCCCl)CCCN(C)C. The van der Waals surface area contributed by atoms with Gasteiger partial charge in [0.2, 0.25) is 0 Å². The van der Waals surface area contributed by atoms with Crippen molar-refractivity contribution in [2.45, 2.75) is 116 Å². The van der Waals surface area contributed by atoms with Crippen LogP contribution >= 0.6 is 28.6 Å². The maximum atomic E-state index is 5.90. The zero-order chi connectivity index (χ0) is 18.6. The van der Waals surface area contributed by atoms with E-state index in [9.17, 15) is 0 Å². The van der Waals surface area contributed by atoms with E-state index in [0.717, 1.165) is 11.8 Å². The minimum absolute atomic E-state index is 0. The number of halogens is 2. The van der Waals surface area contributed by atoms with Gasteiger partial charge in [0.15, 0.2) is 0 Å². The highest BCUT2D eigenvalue weighted by Gasteiger charge is 2.08. The minimum Gasteiger partial charge on any atom is -0.309 e. The molecule has 0 saturated carbocycles. The lowest BCUT2D eigenvalue weighted by Gasteiger charge is -2.18. The quantitative estimate of drug-likeness (QED) is 0.131. The summed E-state index contributed by atoms with van der Waals surface area (Å²) >= 11 is 5.90. The Morgan fingerprint density at radius 3 is 1.50 bits per heavy atom. The summed E-state index contributed by atoms with van der Waals surface area (Å²) in [5.74, 6) is 1.75. The van der Waals surface area contributed by atoms with Crippen LogP contribution in [0.1, 0.15) is 116 Å². The summed E-state index contributed by atoms with van der Waals surface area (Å²) in [4.78, 5) is 2.31. The number of alkyl halides is 1. The van der Waals surface area contributed by atoms with Gasteiger partial charge < -0.3 is 4.90 Å². The van der Waals surface area contributed by atoms with E-state index in [-0.39, 0.29) is 17.0 Å². The van der Waals surface area contributed by atoms with Gasteiger partial charge in [0.05, 0.1) is 0 Å². The van der Waals surface area contributed by atoms with Gasteiger partial charge in [0.1, 0.15) is 0 Å². The largest absolute Gasteiger partial charge is 0.309 e. The third-order valence-electron chi connectivity index (χ3n) is 5.43. The molecule has 1 unspecified atom stereocenters. The molecule has 0 saturated heterocycles.